The second-order valence-electron chi connectivity index (χ2n) is 8.01. The maximum Gasteiger partial charge on any atom is 0.433 e. The lowest BCUT2D eigenvalue weighted by Gasteiger charge is -2.26. The Morgan fingerprint density at radius 1 is 1.13 bits per heavy atom. The molecule has 2 saturated heterocycles. The van der Waals surface area contributed by atoms with Crippen molar-refractivity contribution < 1.29 is 22.7 Å². The standard InChI is InChI=1S/C21H31F3N4O2/c1-3-20(29)28(19-7-5-6-18(25-19)21(22,23)24)9-8-26-12-16-14-27(10-11-30-4-2)15-17(16)13-26/h5-7,16-17H,3-4,8-15H2,1-2H3. The predicted molar refractivity (Wildman–Crippen MR) is 108 cm³/mol. The van der Waals surface area contributed by atoms with Gasteiger partial charge in [-0.15, -0.1) is 0 Å². The van der Waals surface area contributed by atoms with E-state index in [0.29, 0.717) is 24.9 Å². The van der Waals surface area contributed by atoms with E-state index in [0.717, 1.165) is 52.0 Å². The lowest BCUT2D eigenvalue weighted by atomic mass is 10.0. The highest BCUT2D eigenvalue weighted by Crippen LogP contribution is 2.31. The van der Waals surface area contributed by atoms with Gasteiger partial charge in [-0.25, -0.2) is 4.98 Å². The third-order valence-electron chi connectivity index (χ3n) is 5.94. The fourth-order valence-electron chi connectivity index (χ4n) is 4.42. The summed E-state index contributed by atoms with van der Waals surface area (Å²) in [6.07, 6.45) is -4.31. The van der Waals surface area contributed by atoms with Crippen molar-refractivity contribution in [2.45, 2.75) is 26.4 Å². The topological polar surface area (TPSA) is 48.9 Å². The lowest BCUT2D eigenvalue weighted by molar-refractivity contribution is -0.141. The van der Waals surface area contributed by atoms with Crippen molar-refractivity contribution in [2.24, 2.45) is 11.8 Å². The molecule has 30 heavy (non-hydrogen) atoms. The Morgan fingerprint density at radius 2 is 1.77 bits per heavy atom. The van der Waals surface area contributed by atoms with E-state index in [-0.39, 0.29) is 18.1 Å². The second-order valence-corrected chi connectivity index (χ2v) is 8.01. The molecule has 2 aliphatic rings. The van der Waals surface area contributed by atoms with Crippen molar-refractivity contribution in [3.05, 3.63) is 23.9 Å². The average Bonchev–Trinajstić information content (AvgIpc) is 3.26. The molecule has 9 heteroatoms. The predicted octanol–water partition coefficient (Wildman–Crippen LogP) is 2.74. The third-order valence-corrected chi connectivity index (χ3v) is 5.94. The zero-order valence-electron chi connectivity index (χ0n) is 17.7. The molecule has 2 aliphatic heterocycles. The van der Waals surface area contributed by atoms with Gasteiger partial charge in [0.05, 0.1) is 6.61 Å². The minimum absolute atomic E-state index is 0.0677. The fraction of sp³-hybridized carbons (Fsp3) is 0.714. The Bertz CT molecular complexity index is 702. The molecule has 1 amide bonds. The van der Waals surface area contributed by atoms with E-state index in [2.05, 4.69) is 14.8 Å². The molecule has 2 unspecified atom stereocenters. The summed E-state index contributed by atoms with van der Waals surface area (Å²) in [4.78, 5) is 22.3. The Balaban J connectivity index is 1.55. The molecular weight excluding hydrogens is 397 g/mol. The number of aromatic nitrogens is 1. The molecule has 1 aromatic rings. The summed E-state index contributed by atoms with van der Waals surface area (Å²) in [7, 11) is 0. The molecule has 6 nitrogen and oxygen atoms in total. The number of amides is 1. The van der Waals surface area contributed by atoms with Gasteiger partial charge in [0.15, 0.2) is 0 Å². The van der Waals surface area contributed by atoms with Gasteiger partial charge in [0.2, 0.25) is 5.91 Å². The molecule has 2 atom stereocenters. The molecule has 0 saturated carbocycles. The molecule has 1 aromatic heterocycles. The van der Waals surface area contributed by atoms with Gasteiger partial charge in [-0.1, -0.05) is 13.0 Å². The van der Waals surface area contributed by atoms with Crippen molar-refractivity contribution in [3.8, 4) is 0 Å². The Kier molecular flexibility index (Phi) is 7.70. The lowest BCUT2D eigenvalue weighted by Crippen LogP contribution is -2.39. The van der Waals surface area contributed by atoms with Crippen LogP contribution in [0.25, 0.3) is 0 Å². The minimum atomic E-state index is -4.53. The summed E-state index contributed by atoms with van der Waals surface area (Å²) in [6.45, 7) is 11.2. The Labute approximate surface area is 176 Å². The number of anilines is 1. The largest absolute Gasteiger partial charge is 0.433 e. The highest BCUT2D eigenvalue weighted by molar-refractivity contribution is 5.92. The van der Waals surface area contributed by atoms with Crippen LogP contribution in [-0.2, 0) is 15.7 Å². The monoisotopic (exact) mass is 428 g/mol. The van der Waals surface area contributed by atoms with Crippen LogP contribution in [0.4, 0.5) is 19.0 Å². The first-order valence-electron chi connectivity index (χ1n) is 10.7. The minimum Gasteiger partial charge on any atom is -0.380 e. The van der Waals surface area contributed by atoms with Crippen LogP contribution in [0.5, 0.6) is 0 Å². The number of alkyl halides is 3. The van der Waals surface area contributed by atoms with Crippen molar-refractivity contribution in [2.75, 3.05) is 63.9 Å². The molecule has 3 rings (SSSR count). The first-order chi connectivity index (χ1) is 14.3. The summed E-state index contributed by atoms with van der Waals surface area (Å²) in [5.74, 6) is 1.06. The summed E-state index contributed by atoms with van der Waals surface area (Å²) in [5.41, 5.74) is -0.975. The van der Waals surface area contributed by atoms with Crippen LogP contribution in [-0.4, -0.2) is 79.7 Å². The molecule has 3 heterocycles. The summed E-state index contributed by atoms with van der Waals surface area (Å²) in [5, 5.41) is 0. The highest BCUT2D eigenvalue weighted by atomic mass is 19.4. The number of fused-ring (bicyclic) bond motifs is 1. The highest BCUT2D eigenvalue weighted by Gasteiger charge is 2.39. The van der Waals surface area contributed by atoms with Gasteiger partial charge in [0, 0.05) is 58.8 Å². The van der Waals surface area contributed by atoms with Gasteiger partial charge < -0.3 is 14.5 Å². The van der Waals surface area contributed by atoms with Gasteiger partial charge in [-0.2, -0.15) is 13.2 Å². The zero-order valence-corrected chi connectivity index (χ0v) is 17.7. The smallest absolute Gasteiger partial charge is 0.380 e. The van der Waals surface area contributed by atoms with Crippen LogP contribution in [0.2, 0.25) is 0 Å². The van der Waals surface area contributed by atoms with Gasteiger partial charge in [0.25, 0.3) is 0 Å². The van der Waals surface area contributed by atoms with E-state index in [1.54, 1.807) is 6.92 Å². The van der Waals surface area contributed by atoms with E-state index in [1.807, 2.05) is 6.92 Å². The summed E-state index contributed by atoms with van der Waals surface area (Å²) < 4.78 is 44.5. The van der Waals surface area contributed by atoms with Crippen LogP contribution in [0.15, 0.2) is 18.2 Å². The van der Waals surface area contributed by atoms with E-state index in [1.165, 1.54) is 17.0 Å². The number of ether oxygens (including phenoxy) is 1. The normalized spacial score (nSPS) is 22.4. The van der Waals surface area contributed by atoms with Gasteiger partial charge in [-0.3, -0.25) is 9.69 Å². The Morgan fingerprint density at radius 3 is 2.33 bits per heavy atom. The number of halogens is 3. The van der Waals surface area contributed by atoms with Crippen molar-refractivity contribution in [1.29, 1.82) is 0 Å². The number of nitrogens with zero attached hydrogens (tertiary/aromatic N) is 4. The second kappa shape index (κ2) is 10.1. The summed E-state index contributed by atoms with van der Waals surface area (Å²) >= 11 is 0. The van der Waals surface area contributed by atoms with Crippen LogP contribution in [0, 0.1) is 11.8 Å². The first-order valence-corrected chi connectivity index (χ1v) is 10.7. The number of pyridine rings is 1. The van der Waals surface area contributed by atoms with Crippen molar-refractivity contribution in [1.82, 2.24) is 14.8 Å². The molecule has 0 bridgehead atoms. The van der Waals surface area contributed by atoms with E-state index in [4.69, 9.17) is 4.74 Å². The molecule has 0 aromatic carbocycles. The maximum atomic E-state index is 13.0. The quantitative estimate of drug-likeness (QED) is 0.566. The summed E-state index contributed by atoms with van der Waals surface area (Å²) in [6, 6.07) is 3.70. The maximum absolute atomic E-state index is 13.0. The molecule has 0 aliphatic carbocycles. The zero-order chi connectivity index (χ0) is 21.7. The molecular formula is C21H31F3N4O2. The first kappa shape index (κ1) is 23.0. The number of carbonyl (C=O) groups is 1. The molecule has 0 N–H and O–H groups in total. The molecule has 0 spiro atoms. The molecule has 168 valence electrons. The third kappa shape index (κ3) is 5.70. The van der Waals surface area contributed by atoms with E-state index < -0.39 is 11.9 Å². The van der Waals surface area contributed by atoms with Gasteiger partial charge in [0.1, 0.15) is 11.5 Å². The van der Waals surface area contributed by atoms with Gasteiger partial charge >= 0.3 is 6.18 Å². The van der Waals surface area contributed by atoms with Crippen LogP contribution in [0.3, 0.4) is 0 Å². The molecule has 2 fully saturated rings. The van der Waals surface area contributed by atoms with E-state index >= 15 is 0 Å². The van der Waals surface area contributed by atoms with Crippen LogP contribution < -0.4 is 4.90 Å². The van der Waals surface area contributed by atoms with Crippen LogP contribution >= 0.6 is 0 Å². The number of likely N-dealkylation sites (tertiary alicyclic amines) is 2. The van der Waals surface area contributed by atoms with Crippen molar-refractivity contribution in [3.63, 3.8) is 0 Å². The fourth-order valence-corrected chi connectivity index (χ4v) is 4.42. The number of carbonyl (C=O) groups excluding carboxylic acids is 1. The number of hydrogen-bond donors (Lipinski definition) is 0. The van der Waals surface area contributed by atoms with Crippen molar-refractivity contribution >= 4 is 11.7 Å². The molecule has 0 radical (unpaired) electrons. The number of rotatable bonds is 9. The average molecular weight is 428 g/mol. The Hall–Kier alpha value is -1.71. The van der Waals surface area contributed by atoms with E-state index in [9.17, 15) is 18.0 Å². The van der Waals surface area contributed by atoms with Gasteiger partial charge in [-0.05, 0) is 30.9 Å². The van der Waals surface area contributed by atoms with Crippen LogP contribution in [0.1, 0.15) is 26.0 Å². The number of hydrogen-bond acceptors (Lipinski definition) is 5. The SMILES string of the molecule is CCOCCN1CC2CN(CCN(C(=O)CC)c3cccc(C(F)(F)F)n3)CC2C1.